The molecular weight excluding hydrogens is 262 g/mol. The van der Waals surface area contributed by atoms with Crippen LogP contribution in [0.1, 0.15) is 52.4 Å². The summed E-state index contributed by atoms with van der Waals surface area (Å²) in [6.07, 6.45) is 7.24. The number of amides is 1. The standard InChI is InChI=1S/C17H31N3O/c1-3-18(4-2)14-9-12-19(13-10-14)17(21)16-6-5-11-20(16)15-7-8-15/h14-16H,3-13H2,1-2H3/t16-/m0/s1. The van der Waals surface area contributed by atoms with Gasteiger partial charge in [0.25, 0.3) is 0 Å². The van der Waals surface area contributed by atoms with Crippen LogP contribution in [0.4, 0.5) is 0 Å². The summed E-state index contributed by atoms with van der Waals surface area (Å²) >= 11 is 0. The third-order valence-corrected chi connectivity index (χ3v) is 5.70. The fraction of sp³-hybridized carbons (Fsp3) is 0.941. The molecule has 3 aliphatic rings. The Kier molecular flexibility index (Phi) is 4.85. The van der Waals surface area contributed by atoms with Crippen molar-refractivity contribution in [2.75, 3.05) is 32.7 Å². The highest BCUT2D eigenvalue weighted by Gasteiger charge is 2.42. The summed E-state index contributed by atoms with van der Waals surface area (Å²) in [5.74, 6) is 0.428. The Bertz CT molecular complexity index is 357. The van der Waals surface area contributed by atoms with E-state index in [1.807, 2.05) is 0 Å². The molecule has 0 aromatic rings. The maximum absolute atomic E-state index is 12.8. The molecule has 4 nitrogen and oxygen atoms in total. The number of piperidine rings is 1. The molecule has 1 atom stereocenters. The first-order chi connectivity index (χ1) is 10.2. The van der Waals surface area contributed by atoms with Crippen LogP contribution in [0.5, 0.6) is 0 Å². The highest BCUT2D eigenvalue weighted by atomic mass is 16.2. The van der Waals surface area contributed by atoms with Gasteiger partial charge in [-0.05, 0) is 58.2 Å². The topological polar surface area (TPSA) is 26.8 Å². The van der Waals surface area contributed by atoms with E-state index < -0.39 is 0 Å². The molecule has 0 bridgehead atoms. The number of nitrogens with zero attached hydrogens (tertiary/aromatic N) is 3. The zero-order chi connectivity index (χ0) is 14.8. The van der Waals surface area contributed by atoms with Gasteiger partial charge in [0.05, 0.1) is 6.04 Å². The molecule has 0 radical (unpaired) electrons. The Morgan fingerprint density at radius 2 is 1.67 bits per heavy atom. The molecule has 2 saturated heterocycles. The summed E-state index contributed by atoms with van der Waals surface area (Å²) in [6, 6.07) is 1.63. The van der Waals surface area contributed by atoms with E-state index in [1.54, 1.807) is 0 Å². The molecule has 0 unspecified atom stereocenters. The molecule has 21 heavy (non-hydrogen) atoms. The summed E-state index contributed by atoms with van der Waals surface area (Å²) in [7, 11) is 0. The second kappa shape index (κ2) is 6.66. The van der Waals surface area contributed by atoms with Crippen LogP contribution in [0.2, 0.25) is 0 Å². The van der Waals surface area contributed by atoms with Gasteiger partial charge in [0.1, 0.15) is 0 Å². The van der Waals surface area contributed by atoms with E-state index in [9.17, 15) is 4.79 Å². The maximum Gasteiger partial charge on any atom is 0.239 e. The molecule has 3 fully saturated rings. The van der Waals surface area contributed by atoms with Crippen LogP contribution in [0.3, 0.4) is 0 Å². The van der Waals surface area contributed by atoms with Gasteiger partial charge in [-0.15, -0.1) is 0 Å². The molecule has 0 N–H and O–H groups in total. The zero-order valence-corrected chi connectivity index (χ0v) is 13.8. The van der Waals surface area contributed by atoms with E-state index in [2.05, 4.69) is 28.5 Å². The SMILES string of the molecule is CCN(CC)C1CCN(C(=O)[C@@H]2CCCN2C2CC2)CC1. The van der Waals surface area contributed by atoms with Crippen molar-refractivity contribution in [3.05, 3.63) is 0 Å². The Balaban J connectivity index is 1.53. The van der Waals surface area contributed by atoms with Crippen molar-refractivity contribution < 1.29 is 4.79 Å². The first-order valence-electron chi connectivity index (χ1n) is 9.03. The molecule has 4 heteroatoms. The molecule has 0 aromatic heterocycles. The number of hydrogen-bond donors (Lipinski definition) is 0. The van der Waals surface area contributed by atoms with E-state index >= 15 is 0 Å². The molecule has 0 aromatic carbocycles. The fourth-order valence-corrected chi connectivity index (χ4v) is 4.30. The summed E-state index contributed by atoms with van der Waals surface area (Å²) in [4.78, 5) is 20.0. The van der Waals surface area contributed by atoms with Crippen LogP contribution < -0.4 is 0 Å². The maximum atomic E-state index is 12.8. The van der Waals surface area contributed by atoms with Gasteiger partial charge in [-0.25, -0.2) is 0 Å². The van der Waals surface area contributed by atoms with Crippen molar-refractivity contribution in [1.82, 2.24) is 14.7 Å². The highest BCUT2D eigenvalue weighted by molar-refractivity contribution is 5.82. The lowest BCUT2D eigenvalue weighted by molar-refractivity contribution is -0.137. The Hall–Kier alpha value is -0.610. The molecule has 3 rings (SSSR count). The van der Waals surface area contributed by atoms with Crippen molar-refractivity contribution >= 4 is 5.91 Å². The van der Waals surface area contributed by atoms with E-state index in [1.165, 1.54) is 19.3 Å². The number of carbonyl (C=O) groups is 1. The normalized spacial score (nSPS) is 28.5. The van der Waals surface area contributed by atoms with Gasteiger partial charge < -0.3 is 9.80 Å². The lowest BCUT2D eigenvalue weighted by Crippen LogP contribution is -2.52. The molecule has 1 saturated carbocycles. The Labute approximate surface area is 129 Å². The molecular formula is C17H31N3O. The molecule has 2 aliphatic heterocycles. The van der Waals surface area contributed by atoms with Gasteiger partial charge in [0.2, 0.25) is 5.91 Å². The highest BCUT2D eigenvalue weighted by Crippen LogP contribution is 2.34. The second-order valence-corrected chi connectivity index (χ2v) is 6.90. The lowest BCUT2D eigenvalue weighted by Gasteiger charge is -2.39. The van der Waals surface area contributed by atoms with E-state index in [0.29, 0.717) is 11.9 Å². The monoisotopic (exact) mass is 293 g/mol. The van der Waals surface area contributed by atoms with Crippen molar-refractivity contribution in [3.63, 3.8) is 0 Å². The van der Waals surface area contributed by atoms with Crippen molar-refractivity contribution in [2.45, 2.75) is 70.5 Å². The molecule has 1 aliphatic carbocycles. The largest absolute Gasteiger partial charge is 0.341 e. The zero-order valence-electron chi connectivity index (χ0n) is 13.8. The first kappa shape index (κ1) is 15.3. The minimum Gasteiger partial charge on any atom is -0.341 e. The van der Waals surface area contributed by atoms with E-state index in [0.717, 1.165) is 58.0 Å². The predicted molar refractivity (Wildman–Crippen MR) is 85.3 cm³/mol. The van der Waals surface area contributed by atoms with Gasteiger partial charge in [-0.1, -0.05) is 13.8 Å². The van der Waals surface area contributed by atoms with Gasteiger partial charge in [-0.3, -0.25) is 9.69 Å². The third kappa shape index (κ3) is 3.26. The van der Waals surface area contributed by atoms with E-state index in [-0.39, 0.29) is 6.04 Å². The lowest BCUT2D eigenvalue weighted by atomic mass is 10.0. The van der Waals surface area contributed by atoms with Gasteiger partial charge in [-0.2, -0.15) is 0 Å². The van der Waals surface area contributed by atoms with Crippen LogP contribution in [0.15, 0.2) is 0 Å². The second-order valence-electron chi connectivity index (χ2n) is 6.90. The summed E-state index contributed by atoms with van der Waals surface area (Å²) in [5.41, 5.74) is 0. The molecule has 120 valence electrons. The van der Waals surface area contributed by atoms with Gasteiger partial charge >= 0.3 is 0 Å². The number of rotatable bonds is 5. The van der Waals surface area contributed by atoms with Crippen molar-refractivity contribution in [1.29, 1.82) is 0 Å². The van der Waals surface area contributed by atoms with Crippen LogP contribution >= 0.6 is 0 Å². The predicted octanol–water partition coefficient (Wildman–Crippen LogP) is 1.95. The average Bonchev–Trinajstić information content (AvgIpc) is 3.25. The van der Waals surface area contributed by atoms with Gasteiger partial charge in [0.15, 0.2) is 0 Å². The minimum absolute atomic E-state index is 0.211. The van der Waals surface area contributed by atoms with Crippen LogP contribution in [0.25, 0.3) is 0 Å². The molecule has 0 spiro atoms. The summed E-state index contributed by atoms with van der Waals surface area (Å²) in [5, 5.41) is 0. The smallest absolute Gasteiger partial charge is 0.239 e. The van der Waals surface area contributed by atoms with Crippen molar-refractivity contribution in [2.24, 2.45) is 0 Å². The summed E-state index contributed by atoms with van der Waals surface area (Å²) in [6.45, 7) is 9.83. The fourth-order valence-electron chi connectivity index (χ4n) is 4.30. The minimum atomic E-state index is 0.211. The number of likely N-dealkylation sites (tertiary alicyclic amines) is 2. The average molecular weight is 293 g/mol. The van der Waals surface area contributed by atoms with E-state index in [4.69, 9.17) is 0 Å². The van der Waals surface area contributed by atoms with Crippen molar-refractivity contribution in [3.8, 4) is 0 Å². The van der Waals surface area contributed by atoms with Crippen LogP contribution in [-0.2, 0) is 4.79 Å². The number of hydrogen-bond acceptors (Lipinski definition) is 3. The number of carbonyl (C=O) groups excluding carboxylic acids is 1. The molecule has 2 heterocycles. The summed E-state index contributed by atoms with van der Waals surface area (Å²) < 4.78 is 0. The quantitative estimate of drug-likeness (QED) is 0.775. The Morgan fingerprint density at radius 1 is 1.00 bits per heavy atom. The third-order valence-electron chi connectivity index (χ3n) is 5.70. The first-order valence-corrected chi connectivity index (χ1v) is 9.03. The molecule has 1 amide bonds. The van der Waals surface area contributed by atoms with Gasteiger partial charge in [0, 0.05) is 25.2 Å². The Morgan fingerprint density at radius 3 is 2.24 bits per heavy atom. The van der Waals surface area contributed by atoms with Crippen LogP contribution in [0, 0.1) is 0 Å². The van der Waals surface area contributed by atoms with Crippen LogP contribution in [-0.4, -0.2) is 71.5 Å².